The molecule has 1 amide bonds. The van der Waals surface area contributed by atoms with E-state index >= 15 is 0 Å². The van der Waals surface area contributed by atoms with Crippen molar-refractivity contribution >= 4 is 39.1 Å². The molecule has 0 bridgehead atoms. The molecule has 2 aromatic carbocycles. The van der Waals surface area contributed by atoms with Gasteiger partial charge in [-0.1, -0.05) is 11.6 Å². The van der Waals surface area contributed by atoms with Gasteiger partial charge in [-0.3, -0.25) is 4.79 Å². The first-order valence-electron chi connectivity index (χ1n) is 5.22. The highest BCUT2D eigenvalue weighted by atomic mass is 79.9. The zero-order valence-electron chi connectivity index (χ0n) is 9.45. The van der Waals surface area contributed by atoms with Crippen molar-refractivity contribution in [1.82, 2.24) is 0 Å². The van der Waals surface area contributed by atoms with Gasteiger partial charge in [-0.15, -0.1) is 0 Å². The average Bonchev–Trinajstić information content (AvgIpc) is 2.36. The van der Waals surface area contributed by atoms with Crippen molar-refractivity contribution in [2.45, 2.75) is 0 Å². The van der Waals surface area contributed by atoms with Crippen molar-refractivity contribution in [2.24, 2.45) is 0 Å². The smallest absolute Gasteiger partial charge is 0.255 e. The van der Waals surface area contributed by atoms with Crippen LogP contribution in [0.1, 0.15) is 10.4 Å². The van der Waals surface area contributed by atoms with Gasteiger partial charge >= 0.3 is 0 Å². The Kier molecular flexibility index (Phi) is 4.07. The lowest BCUT2D eigenvalue weighted by Crippen LogP contribution is -2.12. The Morgan fingerprint density at radius 2 is 2.00 bits per heavy atom. The minimum absolute atomic E-state index is 0.0887. The summed E-state index contributed by atoms with van der Waals surface area (Å²) in [5.74, 6) is -0.909. The third-order valence-electron chi connectivity index (χ3n) is 2.39. The van der Waals surface area contributed by atoms with Crippen molar-refractivity contribution in [3.63, 3.8) is 0 Å². The van der Waals surface area contributed by atoms with Crippen molar-refractivity contribution < 1.29 is 14.3 Å². The molecule has 0 aliphatic rings. The summed E-state index contributed by atoms with van der Waals surface area (Å²) in [5.41, 5.74) is 0.731. The number of hydrogen-bond donors (Lipinski definition) is 2. The number of aromatic hydroxyl groups is 1. The van der Waals surface area contributed by atoms with Gasteiger partial charge in [-0.05, 0) is 52.3 Å². The topological polar surface area (TPSA) is 49.3 Å². The molecule has 0 aliphatic carbocycles. The predicted molar refractivity (Wildman–Crippen MR) is 75.2 cm³/mol. The molecular formula is C13H8BrClFNO2. The van der Waals surface area contributed by atoms with E-state index in [9.17, 15) is 14.3 Å². The first-order valence-corrected chi connectivity index (χ1v) is 6.39. The minimum Gasteiger partial charge on any atom is -0.506 e. The zero-order valence-corrected chi connectivity index (χ0v) is 11.8. The van der Waals surface area contributed by atoms with Crippen LogP contribution in [0, 0.1) is 5.82 Å². The molecule has 0 saturated carbocycles. The van der Waals surface area contributed by atoms with Gasteiger partial charge in [-0.2, -0.15) is 0 Å². The van der Waals surface area contributed by atoms with E-state index in [4.69, 9.17) is 11.6 Å². The molecule has 2 aromatic rings. The maximum Gasteiger partial charge on any atom is 0.255 e. The first-order chi connectivity index (χ1) is 8.97. The van der Waals surface area contributed by atoms with E-state index in [-0.39, 0.29) is 10.8 Å². The minimum atomic E-state index is -0.408. The highest BCUT2D eigenvalue weighted by molar-refractivity contribution is 9.10. The monoisotopic (exact) mass is 343 g/mol. The molecule has 98 valence electrons. The Hall–Kier alpha value is -1.59. The molecule has 0 fully saturated rings. The molecule has 0 radical (unpaired) electrons. The maximum atomic E-state index is 12.9. The first kappa shape index (κ1) is 13.8. The number of carbonyl (C=O) groups is 1. The van der Waals surface area contributed by atoms with Crippen LogP contribution in [0.4, 0.5) is 10.1 Å². The number of amides is 1. The van der Waals surface area contributed by atoms with E-state index in [0.29, 0.717) is 15.7 Å². The van der Waals surface area contributed by atoms with Crippen molar-refractivity contribution in [1.29, 1.82) is 0 Å². The molecular weight excluding hydrogens is 337 g/mol. The number of halogens is 3. The van der Waals surface area contributed by atoms with Gasteiger partial charge in [0.25, 0.3) is 5.91 Å². The van der Waals surface area contributed by atoms with Gasteiger partial charge in [-0.25, -0.2) is 4.39 Å². The summed E-state index contributed by atoms with van der Waals surface area (Å²) < 4.78 is 13.4. The largest absolute Gasteiger partial charge is 0.506 e. The Balaban J connectivity index is 2.23. The number of carbonyl (C=O) groups excluding carboxylic acids is 1. The summed E-state index contributed by atoms with van der Waals surface area (Å²) >= 11 is 8.88. The Labute approximate surface area is 122 Å². The maximum absolute atomic E-state index is 12.9. The average molecular weight is 345 g/mol. The van der Waals surface area contributed by atoms with Gasteiger partial charge in [0.15, 0.2) is 0 Å². The van der Waals surface area contributed by atoms with E-state index in [1.807, 2.05) is 0 Å². The lowest BCUT2D eigenvalue weighted by molar-refractivity contribution is 0.102. The summed E-state index contributed by atoms with van der Waals surface area (Å²) in [6, 6.07) is 8.05. The standard InChI is InChI=1S/C13H8BrClFNO2/c14-9-6-8(16)2-3-11(9)17-13(19)7-1-4-12(18)10(15)5-7/h1-6,18H,(H,17,19). The van der Waals surface area contributed by atoms with Crippen molar-refractivity contribution in [3.8, 4) is 5.75 Å². The molecule has 2 rings (SSSR count). The highest BCUT2D eigenvalue weighted by Gasteiger charge is 2.10. The molecule has 0 aromatic heterocycles. The van der Waals surface area contributed by atoms with Crippen LogP contribution >= 0.6 is 27.5 Å². The summed E-state index contributed by atoms with van der Waals surface area (Å²) in [7, 11) is 0. The molecule has 0 aliphatic heterocycles. The van der Waals surface area contributed by atoms with Crippen LogP contribution in [0.25, 0.3) is 0 Å². The van der Waals surface area contributed by atoms with Gasteiger partial charge in [0.05, 0.1) is 10.7 Å². The van der Waals surface area contributed by atoms with Crippen molar-refractivity contribution in [2.75, 3.05) is 5.32 Å². The van der Waals surface area contributed by atoms with Gasteiger partial charge in [0.2, 0.25) is 0 Å². The SMILES string of the molecule is O=C(Nc1ccc(F)cc1Br)c1ccc(O)c(Cl)c1. The van der Waals surface area contributed by atoms with Crippen LogP contribution < -0.4 is 5.32 Å². The van der Waals surface area contributed by atoms with Crippen LogP contribution in [0.3, 0.4) is 0 Å². The normalized spacial score (nSPS) is 10.3. The molecule has 0 spiro atoms. The van der Waals surface area contributed by atoms with Crippen LogP contribution in [-0.4, -0.2) is 11.0 Å². The number of benzene rings is 2. The number of nitrogens with one attached hydrogen (secondary N) is 1. The number of anilines is 1. The second kappa shape index (κ2) is 5.59. The lowest BCUT2D eigenvalue weighted by atomic mass is 10.2. The van der Waals surface area contributed by atoms with E-state index in [2.05, 4.69) is 21.2 Å². The third-order valence-corrected chi connectivity index (χ3v) is 3.35. The molecule has 2 N–H and O–H groups in total. The van der Waals surface area contributed by atoms with Crippen LogP contribution in [0.5, 0.6) is 5.75 Å². The quantitative estimate of drug-likeness (QED) is 0.858. The van der Waals surface area contributed by atoms with Crippen LogP contribution in [-0.2, 0) is 0 Å². The van der Waals surface area contributed by atoms with Gasteiger partial charge in [0, 0.05) is 10.0 Å². The number of phenols is 1. The fraction of sp³-hybridized carbons (Fsp3) is 0. The number of hydrogen-bond acceptors (Lipinski definition) is 2. The Morgan fingerprint density at radius 1 is 1.26 bits per heavy atom. The van der Waals surface area contributed by atoms with E-state index < -0.39 is 11.7 Å². The third kappa shape index (κ3) is 3.24. The Morgan fingerprint density at radius 3 is 2.63 bits per heavy atom. The summed E-state index contributed by atoms with van der Waals surface area (Å²) in [5, 5.41) is 12.0. The molecule has 6 heteroatoms. The van der Waals surface area contributed by atoms with Crippen LogP contribution in [0.2, 0.25) is 5.02 Å². The zero-order chi connectivity index (χ0) is 14.0. The van der Waals surface area contributed by atoms with E-state index in [0.717, 1.165) is 0 Å². The fourth-order valence-corrected chi connectivity index (χ4v) is 2.06. The predicted octanol–water partition coefficient (Wildman–Crippen LogP) is 4.20. The summed E-state index contributed by atoms with van der Waals surface area (Å²) in [6.45, 7) is 0. The molecule has 19 heavy (non-hydrogen) atoms. The molecule has 0 heterocycles. The summed E-state index contributed by atoms with van der Waals surface area (Å²) in [6.07, 6.45) is 0. The highest BCUT2D eigenvalue weighted by Crippen LogP contribution is 2.26. The second-order valence-electron chi connectivity index (χ2n) is 3.74. The molecule has 0 saturated heterocycles. The van der Waals surface area contributed by atoms with E-state index in [1.54, 1.807) is 0 Å². The van der Waals surface area contributed by atoms with Crippen LogP contribution in [0.15, 0.2) is 40.9 Å². The van der Waals surface area contributed by atoms with Gasteiger partial charge < -0.3 is 10.4 Å². The summed E-state index contributed by atoms with van der Waals surface area (Å²) in [4.78, 5) is 11.9. The lowest BCUT2D eigenvalue weighted by Gasteiger charge is -2.08. The molecule has 0 atom stereocenters. The Bertz CT molecular complexity index is 649. The van der Waals surface area contributed by atoms with Gasteiger partial charge in [0.1, 0.15) is 11.6 Å². The fourth-order valence-electron chi connectivity index (χ4n) is 1.43. The molecule has 0 unspecified atom stereocenters. The number of rotatable bonds is 2. The van der Waals surface area contributed by atoms with E-state index in [1.165, 1.54) is 36.4 Å². The van der Waals surface area contributed by atoms with Crippen molar-refractivity contribution in [3.05, 3.63) is 57.3 Å². The second-order valence-corrected chi connectivity index (χ2v) is 5.01. The molecule has 3 nitrogen and oxygen atoms in total. The number of phenolic OH excluding ortho intramolecular Hbond substituents is 1.